The first-order chi connectivity index (χ1) is 9.26. The Bertz CT molecular complexity index is 466. The zero-order valence-corrected chi connectivity index (χ0v) is 13.4. The van der Waals surface area contributed by atoms with Crippen LogP contribution in [0.3, 0.4) is 0 Å². The summed E-state index contributed by atoms with van der Waals surface area (Å²) < 4.78 is 6.01. The summed E-state index contributed by atoms with van der Waals surface area (Å²) in [5.74, 6) is -0.265. The van der Waals surface area contributed by atoms with Crippen LogP contribution in [0.4, 0.5) is 4.79 Å². The van der Waals surface area contributed by atoms with Gasteiger partial charge >= 0.3 is 6.09 Å². The highest BCUT2D eigenvalue weighted by Gasteiger charge is 2.16. The third kappa shape index (κ3) is 7.13. The van der Waals surface area contributed by atoms with E-state index in [0.717, 1.165) is 10.0 Å². The number of benzene rings is 1. The lowest BCUT2D eigenvalue weighted by Crippen LogP contribution is -2.39. The molecule has 0 radical (unpaired) electrons. The van der Waals surface area contributed by atoms with E-state index in [1.165, 1.54) is 0 Å². The molecule has 0 atom stereocenters. The SMILES string of the molecule is CC(C)(C)OC(=O)NCC(=O)NCc1ccc(Br)cc1. The molecule has 0 fully saturated rings. The summed E-state index contributed by atoms with van der Waals surface area (Å²) in [6.07, 6.45) is -0.601. The highest BCUT2D eigenvalue weighted by molar-refractivity contribution is 9.10. The van der Waals surface area contributed by atoms with Gasteiger partial charge in [-0.25, -0.2) is 4.79 Å². The Morgan fingerprint density at radius 3 is 2.30 bits per heavy atom. The second-order valence-corrected chi connectivity index (χ2v) is 6.17. The molecule has 0 bridgehead atoms. The smallest absolute Gasteiger partial charge is 0.408 e. The van der Waals surface area contributed by atoms with Crippen molar-refractivity contribution in [3.8, 4) is 0 Å². The number of carbonyl (C=O) groups is 2. The predicted octanol–water partition coefficient (Wildman–Crippen LogP) is 2.59. The second-order valence-electron chi connectivity index (χ2n) is 5.26. The first kappa shape index (κ1) is 16.5. The van der Waals surface area contributed by atoms with Crippen LogP contribution in [0, 0.1) is 0 Å². The third-order valence-electron chi connectivity index (χ3n) is 2.20. The monoisotopic (exact) mass is 342 g/mol. The Morgan fingerprint density at radius 1 is 1.15 bits per heavy atom. The normalized spacial score (nSPS) is 10.8. The van der Waals surface area contributed by atoms with Crippen LogP contribution in [0.5, 0.6) is 0 Å². The Kier molecular flexibility index (Phi) is 6.01. The predicted molar refractivity (Wildman–Crippen MR) is 80.2 cm³/mol. The van der Waals surface area contributed by atoms with E-state index < -0.39 is 11.7 Å². The molecule has 5 nitrogen and oxygen atoms in total. The van der Waals surface area contributed by atoms with E-state index in [4.69, 9.17) is 4.74 Å². The van der Waals surface area contributed by atoms with E-state index in [9.17, 15) is 9.59 Å². The molecule has 1 aromatic rings. The molecule has 0 unspecified atom stereocenters. The third-order valence-corrected chi connectivity index (χ3v) is 2.72. The molecule has 1 aromatic carbocycles. The zero-order valence-electron chi connectivity index (χ0n) is 11.8. The Hall–Kier alpha value is -1.56. The average Bonchev–Trinajstić information content (AvgIpc) is 2.33. The number of halogens is 1. The highest BCUT2D eigenvalue weighted by Crippen LogP contribution is 2.10. The highest BCUT2D eigenvalue weighted by atomic mass is 79.9. The Labute approximate surface area is 127 Å². The minimum Gasteiger partial charge on any atom is -0.444 e. The van der Waals surface area contributed by atoms with Crippen molar-refractivity contribution in [2.24, 2.45) is 0 Å². The molecule has 0 heterocycles. The number of nitrogens with one attached hydrogen (secondary N) is 2. The fourth-order valence-electron chi connectivity index (χ4n) is 1.33. The fraction of sp³-hybridized carbons (Fsp3) is 0.429. The Morgan fingerprint density at radius 2 is 1.75 bits per heavy atom. The van der Waals surface area contributed by atoms with E-state index in [2.05, 4.69) is 26.6 Å². The van der Waals surface area contributed by atoms with Crippen LogP contribution in [0.1, 0.15) is 26.3 Å². The first-order valence-electron chi connectivity index (χ1n) is 6.24. The van der Waals surface area contributed by atoms with Gasteiger partial charge in [0.1, 0.15) is 12.1 Å². The lowest BCUT2D eigenvalue weighted by atomic mass is 10.2. The summed E-state index contributed by atoms with van der Waals surface area (Å²) in [5, 5.41) is 5.12. The fourth-order valence-corrected chi connectivity index (χ4v) is 1.60. The quantitative estimate of drug-likeness (QED) is 0.883. The zero-order chi connectivity index (χ0) is 15.2. The summed E-state index contributed by atoms with van der Waals surface area (Å²) in [6, 6.07) is 7.62. The molecule has 0 aliphatic heterocycles. The van der Waals surface area contributed by atoms with E-state index in [-0.39, 0.29) is 12.5 Å². The average molecular weight is 343 g/mol. The molecule has 110 valence electrons. The van der Waals surface area contributed by atoms with Crippen LogP contribution in [0.2, 0.25) is 0 Å². The van der Waals surface area contributed by atoms with Gasteiger partial charge in [-0.2, -0.15) is 0 Å². The van der Waals surface area contributed by atoms with Crippen LogP contribution < -0.4 is 10.6 Å². The molecule has 2 amide bonds. The van der Waals surface area contributed by atoms with Crippen molar-refractivity contribution in [3.05, 3.63) is 34.3 Å². The molecular formula is C14H19BrN2O3. The summed E-state index contributed by atoms with van der Waals surface area (Å²) in [4.78, 5) is 22.9. The van der Waals surface area contributed by atoms with Crippen molar-refractivity contribution in [1.82, 2.24) is 10.6 Å². The van der Waals surface area contributed by atoms with Gasteiger partial charge in [0.05, 0.1) is 0 Å². The number of amides is 2. The van der Waals surface area contributed by atoms with Crippen molar-refractivity contribution in [2.45, 2.75) is 32.9 Å². The minimum atomic E-state index is -0.601. The van der Waals surface area contributed by atoms with Crippen LogP contribution in [-0.2, 0) is 16.1 Å². The van der Waals surface area contributed by atoms with Crippen molar-refractivity contribution < 1.29 is 14.3 Å². The van der Waals surface area contributed by atoms with E-state index in [0.29, 0.717) is 6.54 Å². The molecule has 2 N–H and O–H groups in total. The maximum Gasteiger partial charge on any atom is 0.408 e. The van der Waals surface area contributed by atoms with Gasteiger partial charge in [0.2, 0.25) is 5.91 Å². The molecule has 0 aliphatic carbocycles. The van der Waals surface area contributed by atoms with Crippen molar-refractivity contribution >= 4 is 27.9 Å². The van der Waals surface area contributed by atoms with Crippen LogP contribution in [0.15, 0.2) is 28.7 Å². The largest absolute Gasteiger partial charge is 0.444 e. The molecular weight excluding hydrogens is 324 g/mol. The molecule has 20 heavy (non-hydrogen) atoms. The van der Waals surface area contributed by atoms with Gasteiger partial charge in [-0.15, -0.1) is 0 Å². The number of ether oxygens (including phenoxy) is 1. The van der Waals surface area contributed by atoms with E-state index in [1.807, 2.05) is 24.3 Å². The van der Waals surface area contributed by atoms with Crippen molar-refractivity contribution in [2.75, 3.05) is 6.54 Å². The maximum atomic E-state index is 11.6. The standard InChI is InChI=1S/C14H19BrN2O3/c1-14(2,3)20-13(19)17-9-12(18)16-8-10-4-6-11(15)7-5-10/h4-7H,8-9H2,1-3H3,(H,16,18)(H,17,19). The summed E-state index contributed by atoms with van der Waals surface area (Å²) in [5.41, 5.74) is 0.414. The van der Waals surface area contributed by atoms with Gasteiger partial charge in [-0.05, 0) is 38.5 Å². The lowest BCUT2D eigenvalue weighted by molar-refractivity contribution is -0.120. The Balaban J connectivity index is 2.27. The van der Waals surface area contributed by atoms with Gasteiger partial charge in [-0.1, -0.05) is 28.1 Å². The summed E-state index contributed by atoms with van der Waals surface area (Å²) in [6.45, 7) is 5.61. The number of hydrogen-bond donors (Lipinski definition) is 2. The number of hydrogen-bond acceptors (Lipinski definition) is 3. The molecule has 0 saturated heterocycles. The minimum absolute atomic E-state index is 0.106. The molecule has 0 aliphatic rings. The van der Waals surface area contributed by atoms with E-state index in [1.54, 1.807) is 20.8 Å². The van der Waals surface area contributed by atoms with Crippen LogP contribution in [-0.4, -0.2) is 24.1 Å². The molecule has 6 heteroatoms. The molecule has 0 spiro atoms. The second kappa shape index (κ2) is 7.28. The molecule has 0 aromatic heterocycles. The van der Waals surface area contributed by atoms with Gasteiger partial charge in [0, 0.05) is 11.0 Å². The van der Waals surface area contributed by atoms with Gasteiger partial charge in [0.15, 0.2) is 0 Å². The first-order valence-corrected chi connectivity index (χ1v) is 7.03. The van der Waals surface area contributed by atoms with Crippen molar-refractivity contribution in [3.63, 3.8) is 0 Å². The van der Waals surface area contributed by atoms with Gasteiger partial charge < -0.3 is 15.4 Å². The topological polar surface area (TPSA) is 67.4 Å². The van der Waals surface area contributed by atoms with Crippen LogP contribution in [0.25, 0.3) is 0 Å². The van der Waals surface area contributed by atoms with E-state index >= 15 is 0 Å². The van der Waals surface area contributed by atoms with Crippen LogP contribution >= 0.6 is 15.9 Å². The number of rotatable bonds is 4. The van der Waals surface area contributed by atoms with Gasteiger partial charge in [0.25, 0.3) is 0 Å². The molecule has 1 rings (SSSR count). The molecule has 0 saturated carbocycles. The number of alkyl carbamates (subject to hydrolysis) is 1. The van der Waals surface area contributed by atoms with Gasteiger partial charge in [-0.3, -0.25) is 4.79 Å². The summed E-state index contributed by atoms with van der Waals surface area (Å²) in [7, 11) is 0. The summed E-state index contributed by atoms with van der Waals surface area (Å²) >= 11 is 3.34. The maximum absolute atomic E-state index is 11.6. The number of carbonyl (C=O) groups excluding carboxylic acids is 2. The lowest BCUT2D eigenvalue weighted by Gasteiger charge is -2.19. The van der Waals surface area contributed by atoms with Crippen molar-refractivity contribution in [1.29, 1.82) is 0 Å².